The summed E-state index contributed by atoms with van der Waals surface area (Å²) in [5.41, 5.74) is 7.27. The molecule has 40 heavy (non-hydrogen) atoms. The molecule has 0 aliphatic heterocycles. The number of nitrogens with zero attached hydrogens (tertiary/aromatic N) is 2. The molecule has 7 aromatic carbocycles. The van der Waals surface area contributed by atoms with Gasteiger partial charge in [0.1, 0.15) is 0 Å². The summed E-state index contributed by atoms with van der Waals surface area (Å²) in [4.78, 5) is 0. The Kier molecular flexibility index (Phi) is 4.36. The van der Waals surface area contributed by atoms with Crippen LogP contribution in [0.15, 0.2) is 146 Å². The largest absolute Gasteiger partial charge is 0.309 e. The molecule has 2 heterocycles. The van der Waals surface area contributed by atoms with E-state index in [1.54, 1.807) is 0 Å². The summed E-state index contributed by atoms with van der Waals surface area (Å²) in [5.74, 6) is 0. The molecule has 0 saturated heterocycles. The molecule has 0 unspecified atom stereocenters. The molecule has 0 aliphatic carbocycles. The Bertz CT molecular complexity index is 2420. The van der Waals surface area contributed by atoms with Gasteiger partial charge in [-0.15, -0.1) is 0 Å². The molecule has 0 amide bonds. The lowest BCUT2D eigenvalue weighted by Crippen LogP contribution is -1.95. The van der Waals surface area contributed by atoms with Crippen molar-refractivity contribution in [1.29, 1.82) is 0 Å². The van der Waals surface area contributed by atoms with Gasteiger partial charge < -0.3 is 9.13 Å². The van der Waals surface area contributed by atoms with Crippen LogP contribution in [0.4, 0.5) is 0 Å². The van der Waals surface area contributed by atoms with E-state index >= 15 is 0 Å². The van der Waals surface area contributed by atoms with Gasteiger partial charge in [0.15, 0.2) is 0 Å². The van der Waals surface area contributed by atoms with Crippen LogP contribution in [0.3, 0.4) is 0 Å². The lowest BCUT2D eigenvalue weighted by molar-refractivity contribution is 1.17. The maximum atomic E-state index is 2.44. The van der Waals surface area contributed by atoms with Crippen LogP contribution >= 0.6 is 0 Å². The molecule has 0 N–H and O–H groups in total. The van der Waals surface area contributed by atoms with E-state index in [-0.39, 0.29) is 0 Å². The zero-order valence-electron chi connectivity index (χ0n) is 21.8. The van der Waals surface area contributed by atoms with E-state index in [0.29, 0.717) is 0 Å². The minimum Gasteiger partial charge on any atom is -0.309 e. The Morgan fingerprint density at radius 2 is 0.800 bits per heavy atom. The predicted octanol–water partition coefficient (Wildman–Crippen LogP) is 10.2. The smallest absolute Gasteiger partial charge is 0.0548 e. The molecule has 0 bridgehead atoms. The van der Waals surface area contributed by atoms with Crippen molar-refractivity contribution in [3.8, 4) is 11.4 Å². The first kappa shape index (κ1) is 21.6. The fourth-order valence-corrected chi connectivity index (χ4v) is 6.72. The average Bonchev–Trinajstić information content (AvgIpc) is 3.53. The highest BCUT2D eigenvalue weighted by molar-refractivity contribution is 6.29. The fourth-order valence-electron chi connectivity index (χ4n) is 6.72. The molecule has 9 rings (SSSR count). The summed E-state index contributed by atoms with van der Waals surface area (Å²) in [6, 6.07) is 53.0. The lowest BCUT2D eigenvalue weighted by Gasteiger charge is -2.11. The van der Waals surface area contributed by atoms with Crippen molar-refractivity contribution >= 4 is 65.2 Å². The Balaban J connectivity index is 1.41. The minimum atomic E-state index is 1.18. The molecule has 0 saturated carbocycles. The van der Waals surface area contributed by atoms with Crippen LogP contribution in [0.1, 0.15) is 0 Å². The first-order chi connectivity index (χ1) is 19.8. The molecule has 0 spiro atoms. The molecular weight excluding hydrogens is 484 g/mol. The Hall–Kier alpha value is -5.34. The monoisotopic (exact) mass is 508 g/mol. The van der Waals surface area contributed by atoms with Gasteiger partial charge in [0.25, 0.3) is 0 Å². The van der Waals surface area contributed by atoms with Gasteiger partial charge in [0.05, 0.1) is 22.1 Å². The second-order valence-corrected chi connectivity index (χ2v) is 10.6. The van der Waals surface area contributed by atoms with E-state index in [2.05, 4.69) is 155 Å². The fraction of sp³-hybridized carbons (Fsp3) is 0. The van der Waals surface area contributed by atoms with Crippen molar-refractivity contribution in [1.82, 2.24) is 9.13 Å². The highest BCUT2D eigenvalue weighted by Crippen LogP contribution is 2.42. The molecule has 0 aliphatic rings. The maximum Gasteiger partial charge on any atom is 0.0548 e. The van der Waals surface area contributed by atoms with Gasteiger partial charge in [0, 0.05) is 32.9 Å². The quantitative estimate of drug-likeness (QED) is 0.206. The van der Waals surface area contributed by atoms with Crippen LogP contribution < -0.4 is 0 Å². The number of hydrogen-bond acceptors (Lipinski definition) is 0. The van der Waals surface area contributed by atoms with E-state index < -0.39 is 0 Å². The normalized spacial score (nSPS) is 12.0. The summed E-state index contributed by atoms with van der Waals surface area (Å²) in [7, 11) is 0. The van der Waals surface area contributed by atoms with Crippen molar-refractivity contribution in [2.45, 2.75) is 0 Å². The van der Waals surface area contributed by atoms with Crippen molar-refractivity contribution in [2.75, 3.05) is 0 Å². The number of aromatic nitrogens is 2. The molecular formula is C38H24N2. The zero-order chi connectivity index (χ0) is 26.2. The van der Waals surface area contributed by atoms with E-state index in [1.165, 1.54) is 76.5 Å². The summed E-state index contributed by atoms with van der Waals surface area (Å²) in [6.07, 6.45) is 0. The van der Waals surface area contributed by atoms with Gasteiger partial charge in [-0.25, -0.2) is 0 Å². The van der Waals surface area contributed by atoms with Gasteiger partial charge >= 0.3 is 0 Å². The Labute approximate surface area is 230 Å². The van der Waals surface area contributed by atoms with E-state index in [4.69, 9.17) is 0 Å². The number of fused-ring (bicyclic) bond motifs is 9. The second kappa shape index (κ2) is 8.08. The predicted molar refractivity (Wildman–Crippen MR) is 170 cm³/mol. The van der Waals surface area contributed by atoms with Crippen LogP contribution in [-0.2, 0) is 0 Å². The van der Waals surface area contributed by atoms with Crippen LogP contribution in [-0.4, -0.2) is 9.13 Å². The summed E-state index contributed by atoms with van der Waals surface area (Å²) in [5, 5.41) is 10.2. The highest BCUT2D eigenvalue weighted by Gasteiger charge is 2.20. The van der Waals surface area contributed by atoms with Crippen molar-refractivity contribution in [2.24, 2.45) is 0 Å². The molecule has 9 aromatic rings. The maximum absolute atomic E-state index is 2.44. The third-order valence-corrected chi connectivity index (χ3v) is 8.43. The third-order valence-electron chi connectivity index (χ3n) is 8.43. The molecule has 0 fully saturated rings. The summed E-state index contributed by atoms with van der Waals surface area (Å²) >= 11 is 0. The van der Waals surface area contributed by atoms with E-state index in [1.807, 2.05) is 0 Å². The van der Waals surface area contributed by atoms with E-state index in [0.717, 1.165) is 0 Å². The average molecular weight is 509 g/mol. The zero-order valence-corrected chi connectivity index (χ0v) is 21.8. The SMILES string of the molecule is c1ccc(-n2c3ccccc3c3c4c5ccccc5n(-c5ccc6cc7ccccc7cc6c5)c4ccc32)cc1. The summed E-state index contributed by atoms with van der Waals surface area (Å²) < 4.78 is 4.84. The standard InChI is InChI=1S/C38H24N2/c1-2-12-29(13-3-1)39-33-16-8-6-14-31(33)37-35(39)20-21-36-38(37)32-15-7-9-17-34(32)40(36)30-19-18-27-22-25-10-4-5-11-26(25)23-28(27)24-30/h1-24H. The van der Waals surface area contributed by atoms with Gasteiger partial charge in [-0.05, 0) is 82.2 Å². The second-order valence-electron chi connectivity index (χ2n) is 10.6. The number of rotatable bonds is 2. The first-order valence-electron chi connectivity index (χ1n) is 13.8. The Morgan fingerprint density at radius 1 is 0.300 bits per heavy atom. The van der Waals surface area contributed by atoms with Crippen molar-refractivity contribution in [3.05, 3.63) is 146 Å². The number of hydrogen-bond donors (Lipinski definition) is 0. The van der Waals surface area contributed by atoms with Crippen molar-refractivity contribution in [3.63, 3.8) is 0 Å². The molecule has 2 nitrogen and oxygen atoms in total. The highest BCUT2D eigenvalue weighted by atomic mass is 15.0. The molecule has 2 aromatic heterocycles. The lowest BCUT2D eigenvalue weighted by atomic mass is 10.0. The first-order valence-corrected chi connectivity index (χ1v) is 13.8. The van der Waals surface area contributed by atoms with Gasteiger partial charge in [-0.1, -0.05) is 84.9 Å². The van der Waals surface area contributed by atoms with Gasteiger partial charge in [0.2, 0.25) is 0 Å². The molecule has 186 valence electrons. The molecule has 0 atom stereocenters. The summed E-state index contributed by atoms with van der Waals surface area (Å²) in [6.45, 7) is 0. The van der Waals surface area contributed by atoms with Gasteiger partial charge in [-0.3, -0.25) is 0 Å². The van der Waals surface area contributed by atoms with Crippen LogP contribution in [0.5, 0.6) is 0 Å². The van der Waals surface area contributed by atoms with Crippen molar-refractivity contribution < 1.29 is 0 Å². The third kappa shape index (κ3) is 2.93. The number of para-hydroxylation sites is 3. The minimum absolute atomic E-state index is 1.18. The number of benzene rings is 7. The van der Waals surface area contributed by atoms with Crippen LogP contribution in [0.2, 0.25) is 0 Å². The van der Waals surface area contributed by atoms with E-state index in [9.17, 15) is 0 Å². The van der Waals surface area contributed by atoms with Crippen LogP contribution in [0, 0.1) is 0 Å². The topological polar surface area (TPSA) is 9.86 Å². The van der Waals surface area contributed by atoms with Crippen LogP contribution in [0.25, 0.3) is 76.5 Å². The molecule has 2 heteroatoms. The molecule has 0 radical (unpaired) electrons. The van der Waals surface area contributed by atoms with Gasteiger partial charge in [-0.2, -0.15) is 0 Å². The Morgan fingerprint density at radius 3 is 1.45 bits per heavy atom.